The van der Waals surface area contributed by atoms with Crippen molar-refractivity contribution in [1.82, 2.24) is 0 Å². The summed E-state index contributed by atoms with van der Waals surface area (Å²) in [7, 11) is 0. The van der Waals surface area contributed by atoms with Crippen LogP contribution in [0.3, 0.4) is 0 Å². The Morgan fingerprint density at radius 2 is 1.65 bits per heavy atom. The molecule has 0 aliphatic carbocycles. The smallest absolute Gasteiger partial charge is 0.359 e. The van der Waals surface area contributed by atoms with Crippen molar-refractivity contribution < 1.29 is 23.9 Å². The van der Waals surface area contributed by atoms with Gasteiger partial charge in [0.25, 0.3) is 0 Å². The molecule has 0 spiro atoms. The summed E-state index contributed by atoms with van der Waals surface area (Å²) in [6.45, 7) is 1.93. The third-order valence-corrected chi connectivity index (χ3v) is 3.82. The molecule has 0 N–H and O–H groups in total. The first-order valence-corrected chi connectivity index (χ1v) is 8.65. The van der Waals surface area contributed by atoms with Crippen LogP contribution in [0.4, 0.5) is 0 Å². The van der Waals surface area contributed by atoms with Gasteiger partial charge >= 0.3 is 17.9 Å². The van der Waals surface area contributed by atoms with Crippen LogP contribution >= 0.6 is 11.6 Å². The van der Waals surface area contributed by atoms with E-state index < -0.39 is 24.0 Å². The number of benzene rings is 2. The van der Waals surface area contributed by atoms with Crippen LogP contribution in [0.1, 0.15) is 48.2 Å². The average molecular weight is 375 g/mol. The number of esters is 3. The molecule has 1 atom stereocenters. The van der Waals surface area contributed by atoms with Crippen molar-refractivity contribution in [3.8, 4) is 0 Å². The minimum absolute atomic E-state index is 0.134. The van der Waals surface area contributed by atoms with Crippen LogP contribution < -0.4 is 0 Å². The Morgan fingerprint density at radius 3 is 2.27 bits per heavy atom. The molecule has 0 heterocycles. The first-order valence-electron chi connectivity index (χ1n) is 8.27. The molecule has 26 heavy (non-hydrogen) atoms. The maximum atomic E-state index is 12.4. The van der Waals surface area contributed by atoms with Crippen LogP contribution in [0.15, 0.2) is 54.6 Å². The van der Waals surface area contributed by atoms with Crippen LogP contribution in [-0.2, 0) is 19.1 Å². The second-order valence-corrected chi connectivity index (χ2v) is 6.04. The molecule has 136 valence electrons. The molecule has 0 aliphatic rings. The van der Waals surface area contributed by atoms with E-state index in [1.165, 1.54) is 12.1 Å². The van der Waals surface area contributed by atoms with Gasteiger partial charge in [-0.05, 0) is 30.7 Å². The van der Waals surface area contributed by atoms with Crippen LogP contribution in [0.5, 0.6) is 0 Å². The Morgan fingerprint density at radius 1 is 1.00 bits per heavy atom. The third kappa shape index (κ3) is 5.70. The Kier molecular flexibility index (Phi) is 7.36. The molecule has 0 bridgehead atoms. The molecule has 6 heteroatoms. The second-order valence-electron chi connectivity index (χ2n) is 5.60. The van der Waals surface area contributed by atoms with E-state index in [-0.39, 0.29) is 12.0 Å². The lowest BCUT2D eigenvalue weighted by molar-refractivity contribution is -0.166. The zero-order valence-corrected chi connectivity index (χ0v) is 15.1. The fourth-order valence-corrected chi connectivity index (χ4v) is 2.30. The molecule has 1 unspecified atom stereocenters. The third-order valence-electron chi connectivity index (χ3n) is 3.57. The summed E-state index contributed by atoms with van der Waals surface area (Å²) in [6.07, 6.45) is 0.225. The molecule has 2 aromatic carbocycles. The van der Waals surface area contributed by atoms with Gasteiger partial charge in [0, 0.05) is 17.0 Å². The summed E-state index contributed by atoms with van der Waals surface area (Å²) < 4.78 is 10.2. The highest BCUT2D eigenvalue weighted by Crippen LogP contribution is 2.22. The Balaban J connectivity index is 2.16. The lowest BCUT2D eigenvalue weighted by atomic mass is 10.1. The van der Waals surface area contributed by atoms with E-state index in [0.29, 0.717) is 17.0 Å². The van der Waals surface area contributed by atoms with Gasteiger partial charge in [-0.1, -0.05) is 55.3 Å². The molecule has 0 radical (unpaired) electrons. The summed E-state index contributed by atoms with van der Waals surface area (Å²) in [5.41, 5.74) is 0.656. The summed E-state index contributed by atoms with van der Waals surface area (Å²) in [4.78, 5) is 36.5. The van der Waals surface area contributed by atoms with Gasteiger partial charge in [0.1, 0.15) is 0 Å². The summed E-state index contributed by atoms with van der Waals surface area (Å²) in [5, 5.41) is 0.474. The predicted octanol–water partition coefficient (Wildman–Crippen LogP) is 4.50. The Bertz CT molecular complexity index is 756. The Labute approximate surface area is 156 Å². The lowest BCUT2D eigenvalue weighted by Gasteiger charge is -2.16. The molecule has 2 rings (SSSR count). The standard InChI is InChI=1S/C20H19ClO5/c1-2-3-9-17(22)25-20(24)18(14-7-5-4-6-8-14)26-19(23)15-10-12-16(21)13-11-15/h4-8,10-13,18H,2-3,9H2,1H3. The van der Waals surface area contributed by atoms with E-state index in [0.717, 1.165) is 6.42 Å². The van der Waals surface area contributed by atoms with E-state index in [9.17, 15) is 14.4 Å². The topological polar surface area (TPSA) is 69.7 Å². The SMILES string of the molecule is CCCCC(=O)OC(=O)C(OC(=O)c1ccc(Cl)cc1)c1ccccc1. The minimum atomic E-state index is -1.33. The normalized spacial score (nSPS) is 11.5. The van der Waals surface area contributed by atoms with E-state index in [1.54, 1.807) is 42.5 Å². The molecule has 0 saturated heterocycles. The summed E-state index contributed by atoms with van der Waals surface area (Å²) in [5.74, 6) is -2.27. The van der Waals surface area contributed by atoms with Crippen molar-refractivity contribution in [2.45, 2.75) is 32.3 Å². The van der Waals surface area contributed by atoms with E-state index in [4.69, 9.17) is 21.1 Å². The number of halogens is 1. The molecule has 0 saturated carbocycles. The van der Waals surface area contributed by atoms with Gasteiger partial charge < -0.3 is 9.47 Å². The van der Waals surface area contributed by atoms with Gasteiger partial charge in [-0.3, -0.25) is 4.79 Å². The predicted molar refractivity (Wildman–Crippen MR) is 96.7 cm³/mol. The molecule has 0 fully saturated rings. The van der Waals surface area contributed by atoms with Crippen molar-refractivity contribution in [1.29, 1.82) is 0 Å². The van der Waals surface area contributed by atoms with Gasteiger partial charge in [-0.25, -0.2) is 9.59 Å². The number of ether oxygens (including phenoxy) is 2. The van der Waals surface area contributed by atoms with Crippen molar-refractivity contribution in [2.24, 2.45) is 0 Å². The zero-order valence-electron chi connectivity index (χ0n) is 14.3. The summed E-state index contributed by atoms with van der Waals surface area (Å²) >= 11 is 5.80. The number of rotatable bonds is 7. The molecule has 0 aromatic heterocycles. The number of carbonyl (C=O) groups excluding carboxylic acids is 3. The molecular formula is C20H19ClO5. The van der Waals surface area contributed by atoms with E-state index >= 15 is 0 Å². The van der Waals surface area contributed by atoms with Gasteiger partial charge in [0.05, 0.1) is 5.56 Å². The van der Waals surface area contributed by atoms with Crippen molar-refractivity contribution >= 4 is 29.5 Å². The maximum absolute atomic E-state index is 12.4. The van der Waals surface area contributed by atoms with Gasteiger partial charge in [-0.2, -0.15) is 0 Å². The molecule has 2 aromatic rings. The number of hydrogen-bond acceptors (Lipinski definition) is 5. The van der Waals surface area contributed by atoms with Crippen molar-refractivity contribution in [3.63, 3.8) is 0 Å². The first-order chi connectivity index (χ1) is 12.5. The second kappa shape index (κ2) is 9.73. The molecule has 0 aliphatic heterocycles. The minimum Gasteiger partial charge on any atom is -0.442 e. The highest BCUT2D eigenvalue weighted by Gasteiger charge is 2.29. The first kappa shape index (κ1) is 19.7. The van der Waals surface area contributed by atoms with Crippen LogP contribution in [0, 0.1) is 0 Å². The zero-order chi connectivity index (χ0) is 18.9. The van der Waals surface area contributed by atoms with E-state index in [1.807, 2.05) is 6.92 Å². The average Bonchev–Trinajstić information content (AvgIpc) is 2.65. The van der Waals surface area contributed by atoms with Crippen molar-refractivity contribution in [3.05, 3.63) is 70.7 Å². The van der Waals surface area contributed by atoms with Gasteiger partial charge in [-0.15, -0.1) is 0 Å². The Hall–Kier alpha value is -2.66. The molecule has 0 amide bonds. The van der Waals surface area contributed by atoms with E-state index in [2.05, 4.69) is 0 Å². The number of hydrogen-bond donors (Lipinski definition) is 0. The van der Waals surface area contributed by atoms with Crippen LogP contribution in [0.25, 0.3) is 0 Å². The fourth-order valence-electron chi connectivity index (χ4n) is 2.18. The number of unbranched alkanes of at least 4 members (excludes halogenated alkanes) is 1. The fraction of sp³-hybridized carbons (Fsp3) is 0.250. The maximum Gasteiger partial charge on any atom is 0.359 e. The summed E-state index contributed by atoms with van der Waals surface area (Å²) in [6, 6.07) is 14.5. The van der Waals surface area contributed by atoms with Crippen LogP contribution in [-0.4, -0.2) is 17.9 Å². The molecular weight excluding hydrogens is 356 g/mol. The largest absolute Gasteiger partial charge is 0.442 e. The quantitative estimate of drug-likeness (QED) is 0.527. The van der Waals surface area contributed by atoms with Gasteiger partial charge in [0.15, 0.2) is 0 Å². The number of carbonyl (C=O) groups is 3. The lowest BCUT2D eigenvalue weighted by Crippen LogP contribution is -2.24. The monoisotopic (exact) mass is 374 g/mol. The van der Waals surface area contributed by atoms with Crippen LogP contribution in [0.2, 0.25) is 5.02 Å². The molecule has 5 nitrogen and oxygen atoms in total. The van der Waals surface area contributed by atoms with Crippen molar-refractivity contribution in [2.75, 3.05) is 0 Å². The highest BCUT2D eigenvalue weighted by molar-refractivity contribution is 6.30. The highest BCUT2D eigenvalue weighted by atomic mass is 35.5. The van der Waals surface area contributed by atoms with Gasteiger partial charge in [0.2, 0.25) is 6.10 Å².